The fourth-order valence-electron chi connectivity index (χ4n) is 0.646. The lowest BCUT2D eigenvalue weighted by Crippen LogP contribution is -2.45. The predicted octanol–water partition coefficient (Wildman–Crippen LogP) is -0.672. The van der Waals surface area contributed by atoms with E-state index in [1.54, 1.807) is 7.05 Å². The van der Waals surface area contributed by atoms with E-state index >= 15 is 0 Å². The maximum Gasteiger partial charge on any atom is 0.231 e. The topological polar surface area (TPSA) is 67.2 Å². The van der Waals surface area contributed by atoms with Gasteiger partial charge in [-0.15, -0.1) is 0 Å². The third-order valence-electron chi connectivity index (χ3n) is 1.18. The van der Waals surface area contributed by atoms with Gasteiger partial charge in [-0.1, -0.05) is 0 Å². The molecular weight excluding hydrogens is 166 g/mol. The minimum Gasteiger partial charge on any atom is -0.299 e. The molecule has 2 N–H and O–H groups in total. The molecule has 0 saturated heterocycles. The minimum absolute atomic E-state index is 0.107. The Balaban J connectivity index is 3.49. The highest BCUT2D eigenvalue weighted by atomic mass is 32.1. The first-order valence-corrected chi connectivity index (χ1v) is 3.97. The molecule has 0 aliphatic rings. The first-order chi connectivity index (χ1) is 5.20. The molecule has 0 aromatic rings. The van der Waals surface area contributed by atoms with Crippen LogP contribution in [-0.4, -0.2) is 37.0 Å². The molecule has 0 aliphatic carbocycles. The van der Waals surface area contributed by atoms with Crippen LogP contribution >= 0.6 is 12.6 Å². The van der Waals surface area contributed by atoms with Crippen molar-refractivity contribution < 1.29 is 4.92 Å². The zero-order chi connectivity index (χ0) is 8.69. The molecule has 66 valence electrons. The van der Waals surface area contributed by atoms with Crippen LogP contribution < -0.4 is 10.6 Å². The van der Waals surface area contributed by atoms with Crippen molar-refractivity contribution in [2.24, 2.45) is 0 Å². The number of rotatable bonds is 6. The average Bonchev–Trinajstić information content (AvgIpc) is 1.97. The Morgan fingerprint density at radius 1 is 1.73 bits per heavy atom. The molecule has 0 amide bonds. The van der Waals surface area contributed by atoms with E-state index in [2.05, 4.69) is 23.3 Å². The molecule has 11 heavy (non-hydrogen) atoms. The number of nitrogens with one attached hydrogen (secondary N) is 2. The van der Waals surface area contributed by atoms with E-state index < -0.39 is 0 Å². The van der Waals surface area contributed by atoms with Gasteiger partial charge in [0.25, 0.3) is 0 Å². The second-order valence-electron chi connectivity index (χ2n) is 2.03. The van der Waals surface area contributed by atoms with Gasteiger partial charge in [0, 0.05) is 17.2 Å². The summed E-state index contributed by atoms with van der Waals surface area (Å²) in [7, 11) is 1.68. The van der Waals surface area contributed by atoms with Crippen LogP contribution in [0.5, 0.6) is 0 Å². The van der Waals surface area contributed by atoms with Gasteiger partial charge in [0.15, 0.2) is 0 Å². The molecule has 5 nitrogen and oxygen atoms in total. The maximum atomic E-state index is 10.0. The van der Waals surface area contributed by atoms with Crippen LogP contribution in [0.25, 0.3) is 0 Å². The quantitative estimate of drug-likeness (QED) is 0.219. The first-order valence-electron chi connectivity index (χ1n) is 3.34. The van der Waals surface area contributed by atoms with Crippen molar-refractivity contribution in [3.63, 3.8) is 0 Å². The Hall–Kier alpha value is -0.330. The minimum atomic E-state index is -0.354. The Morgan fingerprint density at radius 2 is 2.36 bits per heavy atom. The summed E-state index contributed by atoms with van der Waals surface area (Å²) in [6.07, 6.45) is -0.253. The van der Waals surface area contributed by atoms with E-state index in [1.165, 1.54) is 0 Å². The molecule has 1 atom stereocenters. The summed E-state index contributed by atoms with van der Waals surface area (Å²) in [5, 5.41) is 15.7. The smallest absolute Gasteiger partial charge is 0.231 e. The van der Waals surface area contributed by atoms with Crippen molar-refractivity contribution in [3.8, 4) is 0 Å². The molecule has 0 aromatic heterocycles. The van der Waals surface area contributed by atoms with Gasteiger partial charge >= 0.3 is 0 Å². The summed E-state index contributed by atoms with van der Waals surface area (Å²) in [5.74, 6) is 0.676. The third-order valence-corrected chi connectivity index (χ3v) is 1.41. The Bertz CT molecular complexity index is 122. The van der Waals surface area contributed by atoms with Gasteiger partial charge in [-0.3, -0.25) is 20.7 Å². The Morgan fingerprint density at radius 3 is 2.73 bits per heavy atom. The summed E-state index contributed by atoms with van der Waals surface area (Å²) in [6.45, 7) is 0.562. The lowest BCUT2D eigenvalue weighted by Gasteiger charge is -2.12. The molecule has 0 spiro atoms. The molecule has 0 bridgehead atoms. The monoisotopic (exact) mass is 179 g/mol. The molecule has 0 saturated carbocycles. The molecule has 0 radical (unpaired) electrons. The van der Waals surface area contributed by atoms with Crippen LogP contribution in [0.4, 0.5) is 0 Å². The van der Waals surface area contributed by atoms with Gasteiger partial charge in [-0.25, -0.2) is 0 Å². The zero-order valence-corrected chi connectivity index (χ0v) is 7.30. The normalized spacial score (nSPS) is 12.9. The van der Waals surface area contributed by atoms with Crippen LogP contribution in [0.2, 0.25) is 0 Å². The summed E-state index contributed by atoms with van der Waals surface area (Å²) < 4.78 is 0. The Kier molecular flexibility index (Phi) is 6.19. The van der Waals surface area contributed by atoms with Crippen molar-refractivity contribution in [2.45, 2.75) is 6.17 Å². The molecule has 0 rings (SSSR count). The average molecular weight is 179 g/mol. The van der Waals surface area contributed by atoms with Gasteiger partial charge in [-0.05, 0) is 7.05 Å². The van der Waals surface area contributed by atoms with Crippen LogP contribution in [0, 0.1) is 10.1 Å². The van der Waals surface area contributed by atoms with E-state index in [9.17, 15) is 10.1 Å². The van der Waals surface area contributed by atoms with Crippen LogP contribution in [0.3, 0.4) is 0 Å². The molecule has 0 heterocycles. The van der Waals surface area contributed by atoms with Gasteiger partial charge in [0.2, 0.25) is 6.54 Å². The SMILES string of the molecule is CNC(C[N+](=O)[O-])NCCS. The predicted molar refractivity (Wildman–Crippen MR) is 46.6 cm³/mol. The highest BCUT2D eigenvalue weighted by Gasteiger charge is 2.10. The van der Waals surface area contributed by atoms with E-state index in [1.807, 2.05) is 0 Å². The summed E-state index contributed by atoms with van der Waals surface area (Å²) in [6, 6.07) is 0. The van der Waals surface area contributed by atoms with Gasteiger partial charge in [-0.2, -0.15) is 12.6 Å². The second kappa shape index (κ2) is 6.38. The van der Waals surface area contributed by atoms with Gasteiger partial charge < -0.3 is 0 Å². The van der Waals surface area contributed by atoms with Gasteiger partial charge in [0.1, 0.15) is 6.17 Å². The summed E-state index contributed by atoms with van der Waals surface area (Å²) >= 11 is 3.96. The first kappa shape index (κ1) is 10.7. The maximum absolute atomic E-state index is 10.0. The van der Waals surface area contributed by atoms with E-state index in [0.717, 1.165) is 0 Å². The highest BCUT2D eigenvalue weighted by molar-refractivity contribution is 7.80. The van der Waals surface area contributed by atoms with E-state index in [0.29, 0.717) is 12.3 Å². The largest absolute Gasteiger partial charge is 0.299 e. The van der Waals surface area contributed by atoms with E-state index in [-0.39, 0.29) is 17.6 Å². The molecule has 0 aliphatic heterocycles. The summed E-state index contributed by atoms with van der Waals surface area (Å²) in [4.78, 5) is 9.68. The van der Waals surface area contributed by atoms with Crippen LogP contribution in [0.1, 0.15) is 0 Å². The van der Waals surface area contributed by atoms with Crippen molar-refractivity contribution in [1.29, 1.82) is 0 Å². The number of likely N-dealkylation sites (N-methyl/N-ethyl adjacent to an activating group) is 1. The zero-order valence-electron chi connectivity index (χ0n) is 6.41. The standard InChI is InChI=1S/C5H13N3O2S/c1-6-5(4-8(9)10)7-2-3-11/h5-7,11H,2-4H2,1H3. The molecule has 1 unspecified atom stereocenters. The second-order valence-corrected chi connectivity index (χ2v) is 2.48. The summed E-state index contributed by atoms with van der Waals surface area (Å²) in [5.41, 5.74) is 0. The number of thiol groups is 1. The number of hydrogen-bond acceptors (Lipinski definition) is 5. The van der Waals surface area contributed by atoms with Gasteiger partial charge in [0.05, 0.1) is 0 Å². The van der Waals surface area contributed by atoms with Crippen molar-refractivity contribution >= 4 is 12.6 Å². The molecular formula is C5H13N3O2S. The molecule has 6 heteroatoms. The highest BCUT2D eigenvalue weighted by Crippen LogP contribution is 1.79. The fraction of sp³-hybridized carbons (Fsp3) is 1.00. The van der Waals surface area contributed by atoms with Crippen molar-refractivity contribution in [3.05, 3.63) is 10.1 Å². The third kappa shape index (κ3) is 6.08. The molecule has 0 aromatic carbocycles. The van der Waals surface area contributed by atoms with Crippen LogP contribution in [-0.2, 0) is 0 Å². The lowest BCUT2D eigenvalue weighted by atomic mass is 10.5. The number of nitrogens with zero attached hydrogens (tertiary/aromatic N) is 1. The number of nitro groups is 1. The van der Waals surface area contributed by atoms with Crippen molar-refractivity contribution in [1.82, 2.24) is 10.6 Å². The van der Waals surface area contributed by atoms with E-state index in [4.69, 9.17) is 0 Å². The lowest BCUT2D eigenvalue weighted by molar-refractivity contribution is -0.484. The fourth-order valence-corrected chi connectivity index (χ4v) is 0.775. The van der Waals surface area contributed by atoms with Crippen LogP contribution in [0.15, 0.2) is 0 Å². The number of hydrogen-bond donors (Lipinski definition) is 3. The van der Waals surface area contributed by atoms with Crippen molar-refractivity contribution in [2.75, 3.05) is 25.9 Å². The molecule has 0 fully saturated rings. The Labute approximate surface area is 71.1 Å².